The molecular formula is C11H13ClO5. The molecule has 2 atom stereocenters. The van der Waals surface area contributed by atoms with Gasteiger partial charge in [0, 0.05) is 17.2 Å². The summed E-state index contributed by atoms with van der Waals surface area (Å²) >= 11 is 5.82. The van der Waals surface area contributed by atoms with Crippen molar-refractivity contribution in [3.8, 4) is 0 Å². The molecule has 4 N–H and O–H groups in total. The van der Waals surface area contributed by atoms with E-state index in [1.54, 1.807) is 0 Å². The molecule has 0 heterocycles. The van der Waals surface area contributed by atoms with Crippen molar-refractivity contribution in [1.82, 2.24) is 0 Å². The van der Waals surface area contributed by atoms with Gasteiger partial charge in [-0.15, -0.1) is 0 Å². The number of benzene rings is 1. The average Bonchev–Trinajstić information content (AvgIpc) is 2.28. The normalized spacial score (nSPS) is 14.4. The first-order chi connectivity index (χ1) is 7.99. The number of aliphatic hydroxyl groups excluding tert-OH is 3. The van der Waals surface area contributed by atoms with Crippen molar-refractivity contribution in [2.45, 2.75) is 18.6 Å². The van der Waals surface area contributed by atoms with Gasteiger partial charge in [-0.25, -0.2) is 4.79 Å². The highest BCUT2D eigenvalue weighted by molar-refractivity contribution is 6.31. The summed E-state index contributed by atoms with van der Waals surface area (Å²) in [6, 6.07) is 4.16. The number of hydrogen-bond donors (Lipinski definition) is 4. The third-order valence-electron chi connectivity index (χ3n) is 2.37. The third kappa shape index (κ3) is 3.17. The van der Waals surface area contributed by atoms with Crippen LogP contribution in [0.4, 0.5) is 0 Å². The number of rotatable bonds is 5. The molecule has 1 rings (SSSR count). The van der Waals surface area contributed by atoms with Crippen molar-refractivity contribution >= 4 is 17.6 Å². The SMILES string of the molecule is O=C(O)c1cccc(Cl)c1C(O)C(O)CCO. The smallest absolute Gasteiger partial charge is 0.336 e. The standard InChI is InChI=1S/C11H13ClO5/c12-7-3-1-2-6(11(16)17)9(7)10(15)8(14)4-5-13/h1-3,8,10,13-15H,4-5H2,(H,16,17). The Morgan fingerprint density at radius 3 is 2.53 bits per heavy atom. The first kappa shape index (κ1) is 13.9. The van der Waals surface area contributed by atoms with E-state index in [-0.39, 0.29) is 29.2 Å². The fraction of sp³-hybridized carbons (Fsp3) is 0.364. The van der Waals surface area contributed by atoms with E-state index in [0.717, 1.165) is 0 Å². The fourth-order valence-electron chi connectivity index (χ4n) is 1.51. The molecule has 0 bridgehead atoms. The van der Waals surface area contributed by atoms with Crippen LogP contribution in [0.5, 0.6) is 0 Å². The van der Waals surface area contributed by atoms with Gasteiger partial charge in [-0.2, -0.15) is 0 Å². The van der Waals surface area contributed by atoms with E-state index < -0.39 is 18.2 Å². The molecule has 1 aromatic rings. The van der Waals surface area contributed by atoms with Crippen molar-refractivity contribution in [3.63, 3.8) is 0 Å². The Morgan fingerprint density at radius 2 is 2.00 bits per heavy atom. The molecule has 2 unspecified atom stereocenters. The van der Waals surface area contributed by atoms with E-state index in [1.807, 2.05) is 0 Å². The molecule has 0 fully saturated rings. The highest BCUT2D eigenvalue weighted by Gasteiger charge is 2.25. The third-order valence-corrected chi connectivity index (χ3v) is 2.70. The van der Waals surface area contributed by atoms with Crippen LogP contribution < -0.4 is 0 Å². The minimum atomic E-state index is -1.44. The number of carboxylic acid groups (broad SMARTS) is 1. The monoisotopic (exact) mass is 260 g/mol. The second-order valence-electron chi connectivity index (χ2n) is 3.53. The molecule has 0 aromatic heterocycles. The highest BCUT2D eigenvalue weighted by atomic mass is 35.5. The van der Waals surface area contributed by atoms with Gasteiger partial charge in [0.15, 0.2) is 0 Å². The van der Waals surface area contributed by atoms with Crippen LogP contribution in [0, 0.1) is 0 Å². The lowest BCUT2D eigenvalue weighted by atomic mass is 9.97. The quantitative estimate of drug-likeness (QED) is 0.628. The molecule has 0 aliphatic rings. The zero-order valence-electron chi connectivity index (χ0n) is 8.88. The van der Waals surface area contributed by atoms with E-state index in [2.05, 4.69) is 0 Å². The summed E-state index contributed by atoms with van der Waals surface area (Å²) in [5.41, 5.74) is -0.204. The van der Waals surface area contributed by atoms with Gasteiger partial charge < -0.3 is 20.4 Å². The summed E-state index contributed by atoms with van der Waals surface area (Å²) in [5, 5.41) is 37.0. The van der Waals surface area contributed by atoms with Crippen LogP contribution in [0.3, 0.4) is 0 Å². The van der Waals surface area contributed by atoms with E-state index >= 15 is 0 Å². The molecule has 1 aromatic carbocycles. The van der Waals surface area contributed by atoms with Gasteiger partial charge in [-0.1, -0.05) is 17.7 Å². The van der Waals surface area contributed by atoms with E-state index in [0.29, 0.717) is 0 Å². The minimum Gasteiger partial charge on any atom is -0.478 e. The Morgan fingerprint density at radius 1 is 1.35 bits per heavy atom. The summed E-state index contributed by atoms with van der Waals surface area (Å²) in [4.78, 5) is 11.0. The van der Waals surface area contributed by atoms with Crippen LogP contribution in [0.2, 0.25) is 5.02 Å². The van der Waals surface area contributed by atoms with Gasteiger partial charge in [0.25, 0.3) is 0 Å². The highest BCUT2D eigenvalue weighted by Crippen LogP contribution is 2.29. The maximum Gasteiger partial charge on any atom is 0.336 e. The van der Waals surface area contributed by atoms with Crippen LogP contribution in [0.25, 0.3) is 0 Å². The topological polar surface area (TPSA) is 98.0 Å². The van der Waals surface area contributed by atoms with Gasteiger partial charge >= 0.3 is 5.97 Å². The lowest BCUT2D eigenvalue weighted by Crippen LogP contribution is -2.22. The fourth-order valence-corrected chi connectivity index (χ4v) is 1.79. The van der Waals surface area contributed by atoms with Crippen LogP contribution in [0.15, 0.2) is 18.2 Å². The zero-order chi connectivity index (χ0) is 13.0. The number of halogens is 1. The molecule has 0 saturated heterocycles. The van der Waals surface area contributed by atoms with Crippen LogP contribution in [0.1, 0.15) is 28.4 Å². The largest absolute Gasteiger partial charge is 0.478 e. The zero-order valence-corrected chi connectivity index (χ0v) is 9.63. The van der Waals surface area contributed by atoms with E-state index in [9.17, 15) is 15.0 Å². The molecule has 94 valence electrons. The maximum absolute atomic E-state index is 11.0. The lowest BCUT2D eigenvalue weighted by Gasteiger charge is -2.20. The Kier molecular flexibility index (Phi) is 4.89. The van der Waals surface area contributed by atoms with Crippen LogP contribution in [-0.2, 0) is 0 Å². The average molecular weight is 261 g/mol. The molecule has 0 saturated carbocycles. The minimum absolute atomic E-state index is 0.0392. The Balaban J connectivity index is 3.15. The number of aromatic carboxylic acids is 1. The van der Waals surface area contributed by atoms with Gasteiger partial charge in [-0.3, -0.25) is 0 Å². The molecule has 5 nitrogen and oxygen atoms in total. The van der Waals surface area contributed by atoms with Crippen molar-refractivity contribution in [2.75, 3.05) is 6.61 Å². The van der Waals surface area contributed by atoms with E-state index in [4.69, 9.17) is 21.8 Å². The molecule has 0 aliphatic carbocycles. The Bertz CT molecular complexity index is 407. The van der Waals surface area contributed by atoms with Crippen molar-refractivity contribution in [2.24, 2.45) is 0 Å². The number of carbonyl (C=O) groups is 1. The summed E-state index contributed by atoms with van der Waals surface area (Å²) in [6.07, 6.45) is -2.77. The molecule has 17 heavy (non-hydrogen) atoms. The second kappa shape index (κ2) is 5.97. The van der Waals surface area contributed by atoms with Gasteiger partial charge in [0.2, 0.25) is 0 Å². The maximum atomic E-state index is 11.0. The number of hydrogen-bond acceptors (Lipinski definition) is 4. The summed E-state index contributed by atoms with van der Waals surface area (Å²) < 4.78 is 0. The molecule has 0 amide bonds. The van der Waals surface area contributed by atoms with Gasteiger partial charge in [0.05, 0.1) is 11.7 Å². The Labute approximate surface area is 103 Å². The first-order valence-corrected chi connectivity index (χ1v) is 5.35. The van der Waals surface area contributed by atoms with Crippen molar-refractivity contribution in [3.05, 3.63) is 34.3 Å². The molecule has 0 spiro atoms. The summed E-state index contributed by atoms with van der Waals surface area (Å²) in [6.45, 7) is -0.314. The molecule has 6 heteroatoms. The first-order valence-electron chi connectivity index (χ1n) is 4.97. The lowest BCUT2D eigenvalue weighted by molar-refractivity contribution is 0.00356. The summed E-state index contributed by atoms with van der Waals surface area (Å²) in [5.74, 6) is -1.24. The summed E-state index contributed by atoms with van der Waals surface area (Å²) in [7, 11) is 0. The van der Waals surface area contributed by atoms with Crippen molar-refractivity contribution in [1.29, 1.82) is 0 Å². The second-order valence-corrected chi connectivity index (χ2v) is 3.94. The van der Waals surface area contributed by atoms with Crippen LogP contribution in [-0.4, -0.2) is 39.1 Å². The number of carboxylic acids is 1. The number of aliphatic hydroxyl groups is 3. The van der Waals surface area contributed by atoms with Gasteiger partial charge in [-0.05, 0) is 18.6 Å². The predicted octanol–water partition coefficient (Wildman–Crippen LogP) is 0.815. The van der Waals surface area contributed by atoms with E-state index in [1.165, 1.54) is 18.2 Å². The van der Waals surface area contributed by atoms with Gasteiger partial charge in [0.1, 0.15) is 6.10 Å². The van der Waals surface area contributed by atoms with Crippen molar-refractivity contribution < 1.29 is 25.2 Å². The Hall–Kier alpha value is -1.14. The molecule has 0 aliphatic heterocycles. The molecular weight excluding hydrogens is 248 g/mol. The molecule has 0 radical (unpaired) electrons. The predicted molar refractivity (Wildman–Crippen MR) is 61.1 cm³/mol. The van der Waals surface area contributed by atoms with Crippen LogP contribution >= 0.6 is 11.6 Å².